The number of benzene rings is 1. The van der Waals surface area contributed by atoms with Gasteiger partial charge in [0, 0.05) is 10.6 Å². The average Bonchev–Trinajstić information content (AvgIpc) is 3.04. The fourth-order valence-electron chi connectivity index (χ4n) is 2.83. The van der Waals surface area contributed by atoms with Crippen molar-refractivity contribution in [3.8, 4) is 5.75 Å². The van der Waals surface area contributed by atoms with E-state index in [4.69, 9.17) is 21.1 Å². The molecule has 16 heavy (non-hydrogen) atoms. The van der Waals surface area contributed by atoms with Crippen LogP contribution in [0.1, 0.15) is 31.2 Å². The Kier molecular flexibility index (Phi) is 2.37. The number of hydrogen-bond acceptors (Lipinski definition) is 2. The van der Waals surface area contributed by atoms with Gasteiger partial charge in [-0.2, -0.15) is 0 Å². The Labute approximate surface area is 101 Å². The van der Waals surface area contributed by atoms with Crippen molar-refractivity contribution in [3.05, 3.63) is 28.8 Å². The molecule has 1 saturated heterocycles. The minimum absolute atomic E-state index is 0.0888. The first kappa shape index (κ1) is 10.4. The van der Waals surface area contributed by atoms with Gasteiger partial charge in [0.1, 0.15) is 11.4 Å². The first-order chi connectivity index (χ1) is 7.76. The number of epoxide rings is 1. The van der Waals surface area contributed by atoms with Crippen LogP contribution < -0.4 is 4.74 Å². The summed E-state index contributed by atoms with van der Waals surface area (Å²) >= 11 is 6.06. The van der Waals surface area contributed by atoms with Crippen molar-refractivity contribution in [2.24, 2.45) is 0 Å². The second-order valence-corrected chi connectivity index (χ2v) is 5.02. The number of rotatable bonds is 2. The summed E-state index contributed by atoms with van der Waals surface area (Å²) in [7, 11) is 1.70. The van der Waals surface area contributed by atoms with Crippen LogP contribution >= 0.6 is 11.6 Å². The standard InChI is InChI=1S/C13H15ClO2/c1-15-11-6-5-9(14)8-10(11)13-7-3-2-4-12(13)16-13/h5-6,8,12H,2-4,7H2,1H3/t12-,13-/m1/s1. The maximum Gasteiger partial charge on any atom is 0.125 e. The molecule has 3 heteroatoms. The Morgan fingerprint density at radius 2 is 2.31 bits per heavy atom. The molecule has 86 valence electrons. The van der Waals surface area contributed by atoms with Gasteiger partial charge in [-0.15, -0.1) is 0 Å². The van der Waals surface area contributed by atoms with Gasteiger partial charge in [0.2, 0.25) is 0 Å². The van der Waals surface area contributed by atoms with Crippen LogP contribution in [0.15, 0.2) is 18.2 Å². The maximum absolute atomic E-state index is 6.06. The molecule has 1 aromatic rings. The molecule has 2 aliphatic rings. The van der Waals surface area contributed by atoms with E-state index < -0.39 is 0 Å². The van der Waals surface area contributed by atoms with E-state index in [1.165, 1.54) is 12.8 Å². The topological polar surface area (TPSA) is 21.8 Å². The molecule has 0 aromatic heterocycles. The Hall–Kier alpha value is -0.730. The zero-order chi connectivity index (χ0) is 11.2. The first-order valence-corrected chi connectivity index (χ1v) is 6.16. The van der Waals surface area contributed by atoms with Crippen LogP contribution in [0.5, 0.6) is 5.75 Å². The molecule has 1 saturated carbocycles. The molecule has 2 fully saturated rings. The third kappa shape index (κ3) is 1.44. The van der Waals surface area contributed by atoms with Crippen molar-refractivity contribution in [1.82, 2.24) is 0 Å². The van der Waals surface area contributed by atoms with Gasteiger partial charge in [-0.05, 0) is 31.0 Å². The Morgan fingerprint density at radius 1 is 1.44 bits per heavy atom. The predicted molar refractivity (Wildman–Crippen MR) is 63.0 cm³/mol. The molecule has 0 bridgehead atoms. The number of methoxy groups -OCH3 is 1. The normalized spacial score (nSPS) is 32.0. The number of fused-ring (bicyclic) bond motifs is 1. The van der Waals surface area contributed by atoms with Crippen LogP contribution in [0.4, 0.5) is 0 Å². The van der Waals surface area contributed by atoms with Gasteiger partial charge in [-0.25, -0.2) is 0 Å². The maximum atomic E-state index is 6.06. The van der Waals surface area contributed by atoms with E-state index >= 15 is 0 Å². The van der Waals surface area contributed by atoms with Crippen molar-refractivity contribution in [3.63, 3.8) is 0 Å². The first-order valence-electron chi connectivity index (χ1n) is 5.78. The van der Waals surface area contributed by atoms with E-state index in [1.807, 2.05) is 18.2 Å². The number of halogens is 1. The number of ether oxygens (including phenoxy) is 2. The summed E-state index contributed by atoms with van der Waals surface area (Å²) in [5, 5.41) is 0.755. The molecule has 0 N–H and O–H groups in total. The van der Waals surface area contributed by atoms with Gasteiger partial charge >= 0.3 is 0 Å². The van der Waals surface area contributed by atoms with E-state index in [1.54, 1.807) is 7.11 Å². The zero-order valence-corrected chi connectivity index (χ0v) is 10.1. The molecule has 0 radical (unpaired) electrons. The molecule has 2 nitrogen and oxygen atoms in total. The summed E-state index contributed by atoms with van der Waals surface area (Å²) in [6.07, 6.45) is 5.14. The molecular formula is C13H15ClO2. The lowest BCUT2D eigenvalue weighted by molar-refractivity contribution is 0.280. The average molecular weight is 239 g/mol. The minimum Gasteiger partial charge on any atom is -0.496 e. The smallest absolute Gasteiger partial charge is 0.125 e. The van der Waals surface area contributed by atoms with Gasteiger partial charge in [0.05, 0.1) is 13.2 Å². The lowest BCUT2D eigenvalue weighted by Gasteiger charge is -2.20. The molecule has 3 rings (SSSR count). The van der Waals surface area contributed by atoms with Gasteiger partial charge in [-0.1, -0.05) is 24.4 Å². The summed E-state index contributed by atoms with van der Waals surface area (Å²) in [6, 6.07) is 5.78. The van der Waals surface area contributed by atoms with Crippen molar-refractivity contribution in [2.75, 3.05) is 7.11 Å². The van der Waals surface area contributed by atoms with Crippen LogP contribution in [0.3, 0.4) is 0 Å². The lowest BCUT2D eigenvalue weighted by atomic mass is 9.83. The highest BCUT2D eigenvalue weighted by atomic mass is 35.5. The lowest BCUT2D eigenvalue weighted by Crippen LogP contribution is -2.18. The highest BCUT2D eigenvalue weighted by molar-refractivity contribution is 6.30. The fourth-order valence-corrected chi connectivity index (χ4v) is 3.00. The third-order valence-electron chi connectivity index (χ3n) is 3.70. The molecular weight excluding hydrogens is 224 g/mol. The van der Waals surface area contributed by atoms with E-state index in [-0.39, 0.29) is 5.60 Å². The predicted octanol–water partition coefficient (Wildman–Crippen LogP) is 3.52. The molecule has 0 amide bonds. The monoisotopic (exact) mass is 238 g/mol. The summed E-state index contributed by atoms with van der Waals surface area (Å²) in [4.78, 5) is 0. The summed E-state index contributed by atoms with van der Waals surface area (Å²) in [5.41, 5.74) is 1.04. The molecule has 1 heterocycles. The molecule has 2 atom stereocenters. The van der Waals surface area contributed by atoms with Crippen molar-refractivity contribution >= 4 is 11.6 Å². The second-order valence-electron chi connectivity index (χ2n) is 4.59. The molecule has 1 aliphatic heterocycles. The van der Waals surface area contributed by atoms with Gasteiger partial charge < -0.3 is 9.47 Å². The molecule has 0 unspecified atom stereocenters. The summed E-state index contributed by atoms with van der Waals surface area (Å²) in [6.45, 7) is 0. The minimum atomic E-state index is -0.0888. The third-order valence-corrected chi connectivity index (χ3v) is 3.93. The van der Waals surface area contributed by atoms with E-state index in [0.717, 1.165) is 29.2 Å². The van der Waals surface area contributed by atoms with Crippen LogP contribution in [0, 0.1) is 0 Å². The number of hydrogen-bond donors (Lipinski definition) is 0. The Balaban J connectivity index is 2.02. The SMILES string of the molecule is COc1ccc(Cl)cc1[C@]12CCCC[C@H]1O2. The summed E-state index contributed by atoms with van der Waals surface area (Å²) < 4.78 is 11.3. The summed E-state index contributed by atoms with van der Waals surface area (Å²) in [5.74, 6) is 0.897. The van der Waals surface area contributed by atoms with Crippen LogP contribution in [-0.2, 0) is 10.3 Å². The van der Waals surface area contributed by atoms with Gasteiger partial charge in [0.15, 0.2) is 0 Å². The van der Waals surface area contributed by atoms with Crippen LogP contribution in [0.25, 0.3) is 0 Å². The largest absolute Gasteiger partial charge is 0.496 e. The van der Waals surface area contributed by atoms with Crippen LogP contribution in [-0.4, -0.2) is 13.2 Å². The van der Waals surface area contributed by atoms with E-state index in [2.05, 4.69) is 0 Å². The fraction of sp³-hybridized carbons (Fsp3) is 0.538. The quantitative estimate of drug-likeness (QED) is 0.736. The van der Waals surface area contributed by atoms with Crippen molar-refractivity contribution in [1.29, 1.82) is 0 Å². The Bertz CT molecular complexity index is 418. The second kappa shape index (κ2) is 3.64. The van der Waals surface area contributed by atoms with Crippen molar-refractivity contribution in [2.45, 2.75) is 37.4 Å². The van der Waals surface area contributed by atoms with E-state index in [9.17, 15) is 0 Å². The van der Waals surface area contributed by atoms with Crippen molar-refractivity contribution < 1.29 is 9.47 Å². The van der Waals surface area contributed by atoms with Gasteiger partial charge in [0.25, 0.3) is 0 Å². The molecule has 1 aliphatic carbocycles. The van der Waals surface area contributed by atoms with Crippen LogP contribution in [0.2, 0.25) is 5.02 Å². The van der Waals surface area contributed by atoms with E-state index in [0.29, 0.717) is 6.10 Å². The zero-order valence-electron chi connectivity index (χ0n) is 9.33. The molecule has 1 aromatic carbocycles. The highest BCUT2D eigenvalue weighted by Crippen LogP contribution is 2.57. The Morgan fingerprint density at radius 3 is 3.06 bits per heavy atom. The highest BCUT2D eigenvalue weighted by Gasteiger charge is 2.59. The molecule has 0 spiro atoms. The van der Waals surface area contributed by atoms with Gasteiger partial charge in [-0.3, -0.25) is 0 Å².